The summed E-state index contributed by atoms with van der Waals surface area (Å²) in [5.74, 6) is 0. The van der Waals surface area contributed by atoms with E-state index >= 15 is 0 Å². The third-order valence-corrected chi connectivity index (χ3v) is 3.74. The fourth-order valence-electron chi connectivity index (χ4n) is 2.19. The first kappa shape index (κ1) is 15.4. The first-order valence-corrected chi connectivity index (χ1v) is 7.02. The monoisotopic (exact) mass is 283 g/mol. The van der Waals surface area contributed by atoms with Crippen LogP contribution in [-0.2, 0) is 11.1 Å². The normalized spacial score (nSPS) is 12.2. The van der Waals surface area contributed by atoms with Gasteiger partial charge in [0.05, 0.1) is 5.60 Å². The molecule has 0 fully saturated rings. The Morgan fingerprint density at radius 1 is 0.762 bits per heavy atom. The fraction of sp³-hybridized carbons (Fsp3) is 0.333. The highest BCUT2D eigenvalue weighted by atomic mass is 16.3. The number of aliphatic hydroxyl groups is 1. The number of hydrogen-bond donors (Lipinski definition) is 1. The molecule has 0 spiro atoms. The van der Waals surface area contributed by atoms with Gasteiger partial charge in [0.15, 0.2) is 0 Å². The molecule has 0 aliphatic carbocycles. The first-order chi connectivity index (χ1) is 9.74. The molecule has 0 saturated carbocycles. The topological polar surface area (TPSA) is 49.7 Å². The van der Waals surface area contributed by atoms with Gasteiger partial charge in [-0.15, -0.1) is 4.91 Å². The predicted molar refractivity (Wildman–Crippen MR) is 85.9 cm³/mol. The summed E-state index contributed by atoms with van der Waals surface area (Å²) in [6.45, 7) is 7.14. The van der Waals surface area contributed by atoms with Crippen molar-refractivity contribution in [3.05, 3.63) is 64.6 Å². The summed E-state index contributed by atoms with van der Waals surface area (Å²) in [7, 11) is 0. The average Bonchev–Trinajstić information content (AvgIpc) is 2.47. The van der Waals surface area contributed by atoms with Crippen molar-refractivity contribution in [3.8, 4) is 11.1 Å². The van der Waals surface area contributed by atoms with Gasteiger partial charge in [-0.2, -0.15) is 0 Å². The van der Waals surface area contributed by atoms with Crippen LogP contribution in [0.1, 0.15) is 38.8 Å². The molecule has 0 radical (unpaired) electrons. The SMILES string of the molecule is CC(C)(O)c1ccc(-c2ccc(C(C)(C)N=O)cc2)cc1. The molecule has 3 heteroatoms. The minimum atomic E-state index is -0.831. The highest BCUT2D eigenvalue weighted by molar-refractivity contribution is 5.64. The highest BCUT2D eigenvalue weighted by Crippen LogP contribution is 2.28. The standard InChI is InChI=1S/C18H21NO2/c1-17(2,19-21)15-9-5-13(6-10-15)14-7-11-16(12-8-14)18(3,4)20/h5-12,20H,1-4H3. The van der Waals surface area contributed by atoms with Gasteiger partial charge in [0.1, 0.15) is 5.54 Å². The zero-order valence-corrected chi connectivity index (χ0v) is 12.9. The molecule has 0 heterocycles. The van der Waals surface area contributed by atoms with E-state index in [4.69, 9.17) is 0 Å². The van der Waals surface area contributed by atoms with Gasteiger partial charge in [-0.1, -0.05) is 53.7 Å². The van der Waals surface area contributed by atoms with Crippen LogP contribution in [0.3, 0.4) is 0 Å². The van der Waals surface area contributed by atoms with Crippen molar-refractivity contribution in [2.24, 2.45) is 5.18 Å². The van der Waals surface area contributed by atoms with E-state index in [0.717, 1.165) is 22.3 Å². The second kappa shape index (κ2) is 5.41. The Balaban J connectivity index is 2.29. The molecular formula is C18H21NO2. The van der Waals surface area contributed by atoms with Crippen LogP contribution in [0.25, 0.3) is 11.1 Å². The maximum atomic E-state index is 10.8. The second-order valence-corrected chi connectivity index (χ2v) is 6.36. The van der Waals surface area contributed by atoms with Crippen LogP contribution in [0.15, 0.2) is 53.7 Å². The van der Waals surface area contributed by atoms with Crippen molar-refractivity contribution in [1.29, 1.82) is 0 Å². The summed E-state index contributed by atoms with van der Waals surface area (Å²) < 4.78 is 0. The summed E-state index contributed by atoms with van der Waals surface area (Å²) in [5, 5.41) is 13.1. The van der Waals surface area contributed by atoms with E-state index in [1.807, 2.05) is 48.5 Å². The lowest BCUT2D eigenvalue weighted by atomic mass is 9.92. The lowest BCUT2D eigenvalue weighted by molar-refractivity contribution is 0.0786. The van der Waals surface area contributed by atoms with E-state index < -0.39 is 11.1 Å². The smallest absolute Gasteiger partial charge is 0.122 e. The van der Waals surface area contributed by atoms with Crippen molar-refractivity contribution < 1.29 is 5.11 Å². The Hall–Kier alpha value is -2.00. The summed E-state index contributed by atoms with van der Waals surface area (Å²) in [6.07, 6.45) is 0. The molecule has 0 saturated heterocycles. The summed E-state index contributed by atoms with van der Waals surface area (Å²) in [6, 6.07) is 15.7. The quantitative estimate of drug-likeness (QED) is 0.835. The average molecular weight is 283 g/mol. The molecule has 0 atom stereocenters. The summed E-state index contributed by atoms with van der Waals surface area (Å²) in [4.78, 5) is 10.8. The van der Waals surface area contributed by atoms with Gasteiger partial charge in [0.2, 0.25) is 0 Å². The van der Waals surface area contributed by atoms with Gasteiger partial charge >= 0.3 is 0 Å². The number of benzene rings is 2. The molecule has 0 bridgehead atoms. The molecule has 21 heavy (non-hydrogen) atoms. The maximum absolute atomic E-state index is 10.8. The Morgan fingerprint density at radius 2 is 1.14 bits per heavy atom. The molecule has 0 aromatic heterocycles. The maximum Gasteiger partial charge on any atom is 0.122 e. The summed E-state index contributed by atoms with van der Waals surface area (Å²) >= 11 is 0. The van der Waals surface area contributed by atoms with Crippen LogP contribution >= 0.6 is 0 Å². The molecule has 1 N–H and O–H groups in total. The molecule has 0 amide bonds. The third kappa shape index (κ3) is 3.37. The van der Waals surface area contributed by atoms with Crippen molar-refractivity contribution >= 4 is 0 Å². The second-order valence-electron chi connectivity index (χ2n) is 6.36. The van der Waals surface area contributed by atoms with Crippen LogP contribution < -0.4 is 0 Å². The molecule has 2 rings (SSSR count). The van der Waals surface area contributed by atoms with Gasteiger partial charge in [0.25, 0.3) is 0 Å². The molecule has 2 aromatic rings. The molecule has 0 aliphatic rings. The number of hydrogen-bond acceptors (Lipinski definition) is 3. The Labute approximate surface area is 125 Å². The molecule has 0 unspecified atom stereocenters. The minimum Gasteiger partial charge on any atom is -0.386 e. The van der Waals surface area contributed by atoms with Crippen LogP contribution in [0.5, 0.6) is 0 Å². The number of nitrogens with zero attached hydrogens (tertiary/aromatic N) is 1. The number of nitroso groups, excluding NO2 is 1. The zero-order valence-electron chi connectivity index (χ0n) is 12.9. The zero-order chi connectivity index (χ0) is 15.7. The van der Waals surface area contributed by atoms with Crippen LogP contribution in [0, 0.1) is 4.91 Å². The van der Waals surface area contributed by atoms with E-state index in [0.29, 0.717) is 0 Å². The van der Waals surface area contributed by atoms with Crippen molar-refractivity contribution in [2.45, 2.75) is 38.8 Å². The minimum absolute atomic E-state index is 0.705. The van der Waals surface area contributed by atoms with Crippen molar-refractivity contribution in [2.75, 3.05) is 0 Å². The molecule has 0 aliphatic heterocycles. The fourth-order valence-corrected chi connectivity index (χ4v) is 2.19. The van der Waals surface area contributed by atoms with Crippen LogP contribution in [-0.4, -0.2) is 5.11 Å². The number of rotatable bonds is 4. The molecular weight excluding hydrogens is 262 g/mol. The van der Waals surface area contributed by atoms with E-state index in [-0.39, 0.29) is 0 Å². The molecule has 3 nitrogen and oxygen atoms in total. The van der Waals surface area contributed by atoms with Gasteiger partial charge in [-0.25, -0.2) is 0 Å². The van der Waals surface area contributed by atoms with Gasteiger partial charge < -0.3 is 5.11 Å². The summed E-state index contributed by atoms with van der Waals surface area (Å²) in [5.41, 5.74) is 2.39. The van der Waals surface area contributed by atoms with Gasteiger partial charge in [-0.3, -0.25) is 0 Å². The Kier molecular flexibility index (Phi) is 3.97. The van der Waals surface area contributed by atoms with E-state index in [1.165, 1.54) is 0 Å². The Bertz CT molecular complexity index is 620. The molecule has 110 valence electrons. The van der Waals surface area contributed by atoms with E-state index in [9.17, 15) is 10.0 Å². The van der Waals surface area contributed by atoms with E-state index in [1.54, 1.807) is 27.7 Å². The largest absolute Gasteiger partial charge is 0.386 e. The lowest BCUT2D eigenvalue weighted by Crippen LogP contribution is -2.14. The van der Waals surface area contributed by atoms with Gasteiger partial charge in [0, 0.05) is 0 Å². The van der Waals surface area contributed by atoms with Gasteiger partial charge in [-0.05, 0) is 49.9 Å². The highest BCUT2D eigenvalue weighted by Gasteiger charge is 2.21. The third-order valence-electron chi connectivity index (χ3n) is 3.74. The lowest BCUT2D eigenvalue weighted by Gasteiger charge is -2.18. The Morgan fingerprint density at radius 3 is 1.48 bits per heavy atom. The van der Waals surface area contributed by atoms with Crippen LogP contribution in [0.4, 0.5) is 0 Å². The molecule has 2 aromatic carbocycles. The van der Waals surface area contributed by atoms with Crippen LogP contribution in [0.2, 0.25) is 0 Å². The van der Waals surface area contributed by atoms with Crippen molar-refractivity contribution in [3.63, 3.8) is 0 Å². The van der Waals surface area contributed by atoms with Crippen molar-refractivity contribution in [1.82, 2.24) is 0 Å². The van der Waals surface area contributed by atoms with E-state index in [2.05, 4.69) is 5.18 Å². The predicted octanol–water partition coefficient (Wildman–Crippen LogP) is 4.58. The first-order valence-electron chi connectivity index (χ1n) is 7.02.